The quantitative estimate of drug-likeness (QED) is 0.848. The fourth-order valence-electron chi connectivity index (χ4n) is 2.91. The van der Waals surface area contributed by atoms with Gasteiger partial charge in [-0.15, -0.1) is 0 Å². The van der Waals surface area contributed by atoms with Crippen molar-refractivity contribution >= 4 is 17.3 Å². The van der Waals surface area contributed by atoms with Gasteiger partial charge in [0.15, 0.2) is 17.3 Å². The number of carbonyl (C=O) groups is 3. The Morgan fingerprint density at radius 2 is 1.72 bits per heavy atom. The number of phenolic OH excluding ortho intramolecular Hbond substituents is 1. The van der Waals surface area contributed by atoms with Crippen molar-refractivity contribution < 1.29 is 28.3 Å². The number of fused-ring (bicyclic) bond motifs is 1. The van der Waals surface area contributed by atoms with Crippen molar-refractivity contribution in [3.63, 3.8) is 0 Å². The van der Waals surface area contributed by atoms with E-state index >= 15 is 0 Å². The molecule has 0 spiro atoms. The first-order chi connectivity index (χ1) is 11.7. The number of benzene rings is 2. The molecule has 0 radical (unpaired) electrons. The number of Topliss-reactive ketones (excluding diaryl/α,β-unsaturated/α-hetero) is 1. The van der Waals surface area contributed by atoms with Gasteiger partial charge in [0.1, 0.15) is 17.4 Å². The number of aromatic hydroxyl groups is 1. The van der Waals surface area contributed by atoms with E-state index < -0.39 is 40.3 Å². The lowest BCUT2D eigenvalue weighted by Crippen LogP contribution is -2.22. The molecule has 0 aromatic heterocycles. The maximum absolute atomic E-state index is 14.0. The summed E-state index contributed by atoms with van der Waals surface area (Å²) >= 11 is 0. The molecule has 3 rings (SSSR count). The van der Waals surface area contributed by atoms with Crippen molar-refractivity contribution in [3.8, 4) is 5.75 Å². The van der Waals surface area contributed by atoms with Gasteiger partial charge in [-0.25, -0.2) is 8.78 Å². The molecule has 0 fully saturated rings. The molecule has 0 heterocycles. The van der Waals surface area contributed by atoms with Gasteiger partial charge in [0, 0.05) is 22.8 Å². The molecule has 1 aliphatic carbocycles. The number of carbonyl (C=O) groups excluding carboxylic acids is 3. The predicted octanol–water partition coefficient (Wildman–Crippen LogP) is 3.54. The van der Waals surface area contributed by atoms with Crippen LogP contribution in [0.15, 0.2) is 35.9 Å². The van der Waals surface area contributed by atoms with Gasteiger partial charge < -0.3 is 5.11 Å². The minimum absolute atomic E-state index is 0.108. The Morgan fingerprint density at radius 1 is 1.04 bits per heavy atom. The Morgan fingerprint density at radius 3 is 2.36 bits per heavy atom. The first-order valence-corrected chi connectivity index (χ1v) is 7.36. The van der Waals surface area contributed by atoms with Gasteiger partial charge in [0.25, 0.3) is 0 Å². The number of allylic oxidation sites excluding steroid dienone is 2. The van der Waals surface area contributed by atoms with Crippen molar-refractivity contribution in [1.29, 1.82) is 0 Å². The van der Waals surface area contributed by atoms with Gasteiger partial charge in [-0.2, -0.15) is 0 Å². The summed E-state index contributed by atoms with van der Waals surface area (Å²) in [7, 11) is 0. The van der Waals surface area contributed by atoms with Crippen LogP contribution in [0.25, 0.3) is 0 Å². The lowest BCUT2D eigenvalue weighted by Gasteiger charge is -2.19. The van der Waals surface area contributed by atoms with Crippen molar-refractivity contribution in [3.05, 3.63) is 75.4 Å². The zero-order chi connectivity index (χ0) is 18.5. The lowest BCUT2D eigenvalue weighted by molar-refractivity contribution is 0.0972. The molecule has 2 aromatic carbocycles. The van der Waals surface area contributed by atoms with Gasteiger partial charge >= 0.3 is 0 Å². The third-order valence-electron chi connectivity index (χ3n) is 4.09. The molecule has 0 amide bonds. The summed E-state index contributed by atoms with van der Waals surface area (Å²) in [4.78, 5) is 37.5. The number of phenols is 1. The summed E-state index contributed by atoms with van der Waals surface area (Å²) < 4.78 is 27.1. The Labute approximate surface area is 141 Å². The van der Waals surface area contributed by atoms with E-state index in [0.29, 0.717) is 6.07 Å². The van der Waals surface area contributed by atoms with E-state index in [4.69, 9.17) is 0 Å². The van der Waals surface area contributed by atoms with Crippen molar-refractivity contribution in [2.45, 2.75) is 13.8 Å². The third-order valence-corrected chi connectivity index (χ3v) is 4.09. The van der Waals surface area contributed by atoms with E-state index in [-0.39, 0.29) is 27.8 Å². The topological polar surface area (TPSA) is 71.4 Å². The molecule has 6 heteroatoms. The van der Waals surface area contributed by atoms with Crippen LogP contribution in [0.2, 0.25) is 0 Å². The number of aryl methyl sites for hydroxylation is 1. The lowest BCUT2D eigenvalue weighted by atomic mass is 9.82. The maximum Gasteiger partial charge on any atom is 0.197 e. The molecule has 1 N–H and O–H groups in total. The van der Waals surface area contributed by atoms with Crippen LogP contribution in [-0.4, -0.2) is 22.5 Å². The third kappa shape index (κ3) is 2.55. The molecule has 0 bridgehead atoms. The summed E-state index contributed by atoms with van der Waals surface area (Å²) in [5, 5.41) is 10.0. The Bertz CT molecular complexity index is 1000. The maximum atomic E-state index is 14.0. The molecule has 0 atom stereocenters. The fraction of sp³-hybridized carbons (Fsp3) is 0.105. The van der Waals surface area contributed by atoms with E-state index in [2.05, 4.69) is 0 Å². The predicted molar refractivity (Wildman–Crippen MR) is 85.1 cm³/mol. The standard InChI is InChI=1S/C19H12F2O4/c1-8-5-13(22)16-14(23)6-9(2)18(24)17(16)15(8)19(25)11-4-3-10(20)7-12(11)21/h3-7,22H,1-2H3. The average Bonchev–Trinajstić information content (AvgIpc) is 2.51. The highest BCUT2D eigenvalue weighted by Crippen LogP contribution is 2.35. The second-order valence-electron chi connectivity index (χ2n) is 5.81. The van der Waals surface area contributed by atoms with Gasteiger partial charge in [-0.3, -0.25) is 14.4 Å². The second-order valence-corrected chi connectivity index (χ2v) is 5.81. The Hall–Kier alpha value is -3.15. The first-order valence-electron chi connectivity index (χ1n) is 7.36. The number of halogens is 2. The van der Waals surface area contributed by atoms with Crippen LogP contribution in [-0.2, 0) is 0 Å². The summed E-state index contributed by atoms with van der Waals surface area (Å²) in [6, 6.07) is 3.64. The van der Waals surface area contributed by atoms with E-state index in [1.54, 1.807) is 0 Å². The number of hydrogen-bond donors (Lipinski definition) is 1. The van der Waals surface area contributed by atoms with Gasteiger partial charge in [-0.1, -0.05) is 0 Å². The van der Waals surface area contributed by atoms with Crippen LogP contribution in [0.4, 0.5) is 8.78 Å². The highest BCUT2D eigenvalue weighted by atomic mass is 19.1. The van der Waals surface area contributed by atoms with Gasteiger partial charge in [-0.05, 0) is 43.7 Å². The number of hydrogen-bond acceptors (Lipinski definition) is 4. The van der Waals surface area contributed by atoms with E-state index in [0.717, 1.165) is 18.2 Å². The molecule has 4 nitrogen and oxygen atoms in total. The number of rotatable bonds is 2. The minimum atomic E-state index is -1.08. The van der Waals surface area contributed by atoms with Crippen molar-refractivity contribution in [1.82, 2.24) is 0 Å². The molecular weight excluding hydrogens is 330 g/mol. The van der Waals surface area contributed by atoms with Crippen LogP contribution in [0.1, 0.15) is 49.1 Å². The molecular formula is C19H12F2O4. The molecule has 0 saturated carbocycles. The Kier molecular flexibility index (Phi) is 3.83. The van der Waals surface area contributed by atoms with Crippen molar-refractivity contribution in [2.75, 3.05) is 0 Å². The molecule has 1 aliphatic rings. The number of ketones is 3. The van der Waals surface area contributed by atoms with Gasteiger partial charge in [0.05, 0.1) is 11.1 Å². The molecule has 25 heavy (non-hydrogen) atoms. The largest absolute Gasteiger partial charge is 0.507 e. The van der Waals surface area contributed by atoms with Crippen LogP contribution < -0.4 is 0 Å². The monoisotopic (exact) mass is 342 g/mol. The van der Waals surface area contributed by atoms with Gasteiger partial charge in [0.2, 0.25) is 0 Å². The molecule has 2 aromatic rings. The second kappa shape index (κ2) is 5.73. The van der Waals surface area contributed by atoms with Crippen LogP contribution in [0, 0.1) is 18.6 Å². The van der Waals surface area contributed by atoms with Crippen LogP contribution >= 0.6 is 0 Å². The summed E-state index contributed by atoms with van der Waals surface area (Å²) in [6.45, 7) is 2.87. The minimum Gasteiger partial charge on any atom is -0.507 e. The van der Waals surface area contributed by atoms with E-state index in [1.807, 2.05) is 0 Å². The first kappa shape index (κ1) is 16.7. The van der Waals surface area contributed by atoms with Crippen molar-refractivity contribution in [2.24, 2.45) is 0 Å². The fourth-order valence-corrected chi connectivity index (χ4v) is 2.91. The van der Waals surface area contributed by atoms with E-state index in [1.165, 1.54) is 19.9 Å². The molecule has 0 unspecified atom stereocenters. The Balaban J connectivity index is 2.32. The summed E-state index contributed by atoms with van der Waals surface area (Å²) in [5.74, 6) is -4.41. The highest BCUT2D eigenvalue weighted by Gasteiger charge is 2.33. The SMILES string of the molecule is CC1=CC(=O)c2c(O)cc(C)c(C(=O)c3ccc(F)cc3F)c2C1=O. The zero-order valence-corrected chi connectivity index (χ0v) is 13.3. The average molecular weight is 342 g/mol. The summed E-state index contributed by atoms with van der Waals surface area (Å²) in [6.07, 6.45) is 1.08. The van der Waals surface area contributed by atoms with E-state index in [9.17, 15) is 28.3 Å². The molecule has 126 valence electrons. The molecule has 0 aliphatic heterocycles. The molecule has 0 saturated heterocycles. The summed E-state index contributed by atoms with van der Waals surface area (Å²) in [5.41, 5.74) is -0.825. The van der Waals surface area contributed by atoms with Crippen LogP contribution in [0.3, 0.4) is 0 Å². The zero-order valence-electron chi connectivity index (χ0n) is 13.3. The smallest absolute Gasteiger partial charge is 0.197 e. The van der Waals surface area contributed by atoms with Crippen LogP contribution in [0.5, 0.6) is 5.75 Å². The normalized spacial score (nSPS) is 13.5. The highest BCUT2D eigenvalue weighted by molar-refractivity contribution is 6.30.